The van der Waals surface area contributed by atoms with E-state index in [2.05, 4.69) is 25.0 Å². The molecule has 0 atom stereocenters. The lowest BCUT2D eigenvalue weighted by Gasteiger charge is -2.03. The molecule has 1 heteroatoms. The van der Waals surface area contributed by atoms with E-state index in [1.54, 1.807) is 6.08 Å². The van der Waals surface area contributed by atoms with E-state index in [0.717, 1.165) is 27.5 Å². The van der Waals surface area contributed by atoms with Crippen molar-refractivity contribution in [3.05, 3.63) is 84.5 Å². The molecule has 0 spiro atoms. The minimum Gasteiger partial charge on any atom is -0.308 e. The first-order valence-corrected chi connectivity index (χ1v) is 6.74. The molecule has 0 amide bonds. The predicted molar refractivity (Wildman–Crippen MR) is 91.8 cm³/mol. The van der Waals surface area contributed by atoms with Gasteiger partial charge in [-0.2, -0.15) is 0 Å². The lowest BCUT2D eigenvalue weighted by atomic mass is 10.00. The maximum absolute atomic E-state index is 7.47. The van der Waals surface area contributed by atoms with Gasteiger partial charge in [0.05, 0.1) is 0 Å². The molecule has 0 saturated heterocycles. The molecule has 0 aliphatic heterocycles. The van der Waals surface area contributed by atoms with Crippen molar-refractivity contribution in [3.63, 3.8) is 0 Å². The van der Waals surface area contributed by atoms with Crippen molar-refractivity contribution in [2.45, 2.75) is 6.42 Å². The highest BCUT2D eigenvalue weighted by atomic mass is 14.3. The fraction of sp³-hybridized carbons (Fsp3) is 0.0500. The number of nitrogens with one attached hydrogen (secondary N) is 1. The van der Waals surface area contributed by atoms with E-state index in [-0.39, 0.29) is 0 Å². The van der Waals surface area contributed by atoms with Gasteiger partial charge in [0, 0.05) is 18.2 Å². The molecule has 0 unspecified atom stereocenters. The van der Waals surface area contributed by atoms with Crippen molar-refractivity contribution in [2.24, 2.45) is 0 Å². The van der Waals surface area contributed by atoms with Crippen LogP contribution in [0.4, 0.5) is 0 Å². The van der Waals surface area contributed by atoms with Crippen molar-refractivity contribution in [2.75, 3.05) is 0 Å². The fourth-order valence-electron chi connectivity index (χ4n) is 2.07. The molecule has 0 aliphatic rings. The van der Waals surface area contributed by atoms with E-state index in [4.69, 9.17) is 5.41 Å². The Bertz CT molecular complexity index is 782. The van der Waals surface area contributed by atoms with E-state index < -0.39 is 0 Å². The van der Waals surface area contributed by atoms with Crippen LogP contribution in [0.5, 0.6) is 0 Å². The molecule has 0 saturated carbocycles. The van der Waals surface area contributed by atoms with Gasteiger partial charge in [-0.25, -0.2) is 0 Å². The predicted octanol–water partition coefficient (Wildman–Crippen LogP) is 4.88. The van der Waals surface area contributed by atoms with Crippen LogP contribution >= 0.6 is 0 Å². The fourth-order valence-corrected chi connectivity index (χ4v) is 2.07. The minimum absolute atomic E-state index is 0.630. The topological polar surface area (TPSA) is 23.9 Å². The average molecular weight is 271 g/mol. The first-order valence-electron chi connectivity index (χ1n) is 6.74. The number of hydrogen-bond donors (Lipinski definition) is 1. The van der Waals surface area contributed by atoms with Gasteiger partial charge >= 0.3 is 0 Å². The summed E-state index contributed by atoms with van der Waals surface area (Å²) in [5, 5.41) is 9.61. The molecular formula is C20H17N. The molecule has 0 bridgehead atoms. The molecule has 0 radical (unpaired) electrons. The molecule has 0 aromatic heterocycles. The Morgan fingerprint density at radius 3 is 2.62 bits per heavy atom. The van der Waals surface area contributed by atoms with Crippen LogP contribution in [0.3, 0.4) is 0 Å². The summed E-state index contributed by atoms with van der Waals surface area (Å²) in [6.45, 7) is 7.57. The van der Waals surface area contributed by atoms with Gasteiger partial charge in [0.2, 0.25) is 0 Å². The molecule has 1 N–H and O–H groups in total. The van der Waals surface area contributed by atoms with Crippen LogP contribution in [0.15, 0.2) is 73.4 Å². The Hall–Kier alpha value is -2.85. The SMILES string of the molecule is C=C/C=C\C(=C)CC#Cc1ccc(C=N)c2ccccc12. The Morgan fingerprint density at radius 2 is 1.90 bits per heavy atom. The van der Waals surface area contributed by atoms with Gasteiger partial charge in [-0.1, -0.05) is 73.6 Å². The average Bonchev–Trinajstić information content (AvgIpc) is 2.53. The minimum atomic E-state index is 0.630. The Balaban J connectivity index is 2.32. The largest absolute Gasteiger partial charge is 0.308 e. The molecule has 21 heavy (non-hydrogen) atoms. The van der Waals surface area contributed by atoms with Gasteiger partial charge in [-0.15, -0.1) is 0 Å². The maximum Gasteiger partial charge on any atom is 0.0338 e. The van der Waals surface area contributed by atoms with E-state index >= 15 is 0 Å². The number of benzene rings is 2. The van der Waals surface area contributed by atoms with Crippen LogP contribution in [-0.4, -0.2) is 6.21 Å². The quantitative estimate of drug-likeness (QED) is 0.465. The van der Waals surface area contributed by atoms with E-state index in [1.807, 2.05) is 48.6 Å². The highest BCUT2D eigenvalue weighted by Gasteiger charge is 2.01. The first-order chi connectivity index (χ1) is 10.3. The molecule has 1 nitrogen and oxygen atoms in total. The van der Waals surface area contributed by atoms with Crippen LogP contribution < -0.4 is 0 Å². The van der Waals surface area contributed by atoms with Gasteiger partial charge in [0.25, 0.3) is 0 Å². The summed E-state index contributed by atoms with van der Waals surface area (Å²) in [4.78, 5) is 0. The second-order valence-electron chi connectivity index (χ2n) is 4.62. The second kappa shape index (κ2) is 7.07. The van der Waals surface area contributed by atoms with Gasteiger partial charge in [0.1, 0.15) is 0 Å². The van der Waals surface area contributed by atoms with E-state index in [9.17, 15) is 0 Å². The molecule has 102 valence electrons. The number of rotatable bonds is 4. The number of allylic oxidation sites excluding steroid dienone is 4. The third-order valence-electron chi connectivity index (χ3n) is 3.12. The molecule has 2 aromatic carbocycles. The number of hydrogen-bond acceptors (Lipinski definition) is 1. The molecular weight excluding hydrogens is 254 g/mol. The Morgan fingerprint density at radius 1 is 1.14 bits per heavy atom. The molecule has 2 rings (SSSR count). The van der Waals surface area contributed by atoms with Gasteiger partial charge in [-0.3, -0.25) is 0 Å². The van der Waals surface area contributed by atoms with Crippen molar-refractivity contribution in [3.8, 4) is 11.8 Å². The van der Waals surface area contributed by atoms with Crippen LogP contribution in [0.25, 0.3) is 10.8 Å². The van der Waals surface area contributed by atoms with Crippen molar-refractivity contribution >= 4 is 17.0 Å². The van der Waals surface area contributed by atoms with E-state index in [0.29, 0.717) is 6.42 Å². The zero-order chi connectivity index (χ0) is 15.1. The summed E-state index contributed by atoms with van der Waals surface area (Å²) in [7, 11) is 0. The first kappa shape index (κ1) is 14.6. The summed E-state index contributed by atoms with van der Waals surface area (Å²) in [6.07, 6.45) is 7.50. The monoisotopic (exact) mass is 271 g/mol. The third kappa shape index (κ3) is 3.58. The highest BCUT2D eigenvalue weighted by molar-refractivity contribution is 6.01. The molecule has 0 fully saturated rings. The summed E-state index contributed by atoms with van der Waals surface area (Å²) in [5.74, 6) is 6.35. The Labute approximate surface area is 125 Å². The van der Waals surface area contributed by atoms with Crippen LogP contribution in [0.1, 0.15) is 17.5 Å². The van der Waals surface area contributed by atoms with Gasteiger partial charge < -0.3 is 5.41 Å². The van der Waals surface area contributed by atoms with Crippen molar-refractivity contribution in [1.82, 2.24) is 0 Å². The zero-order valence-corrected chi connectivity index (χ0v) is 11.9. The van der Waals surface area contributed by atoms with Crippen LogP contribution in [0.2, 0.25) is 0 Å². The standard InChI is InChI=1S/C20H17N/c1-3-4-8-16(2)9-7-10-17-13-14-18(15-21)20-12-6-5-11-19(17)20/h3-6,8,11-15,21H,1-2,9H2/b8-4-,21-15?. The summed E-state index contributed by atoms with van der Waals surface area (Å²) < 4.78 is 0. The van der Waals surface area contributed by atoms with Crippen molar-refractivity contribution in [1.29, 1.82) is 5.41 Å². The second-order valence-corrected chi connectivity index (χ2v) is 4.62. The maximum atomic E-state index is 7.47. The lowest BCUT2D eigenvalue weighted by molar-refractivity contribution is 1.36. The van der Waals surface area contributed by atoms with Gasteiger partial charge in [-0.05, 0) is 28.0 Å². The summed E-state index contributed by atoms with van der Waals surface area (Å²) in [5.41, 5.74) is 2.86. The third-order valence-corrected chi connectivity index (χ3v) is 3.12. The summed E-state index contributed by atoms with van der Waals surface area (Å²) in [6, 6.07) is 11.9. The molecule has 2 aromatic rings. The highest BCUT2D eigenvalue weighted by Crippen LogP contribution is 2.21. The summed E-state index contributed by atoms with van der Waals surface area (Å²) >= 11 is 0. The normalized spacial score (nSPS) is 10.1. The zero-order valence-electron chi connectivity index (χ0n) is 11.9. The van der Waals surface area contributed by atoms with Crippen LogP contribution in [-0.2, 0) is 0 Å². The molecule has 0 aliphatic carbocycles. The molecule has 0 heterocycles. The Kier molecular flexibility index (Phi) is 4.90. The number of fused-ring (bicyclic) bond motifs is 1. The lowest BCUT2D eigenvalue weighted by Crippen LogP contribution is -1.87. The van der Waals surface area contributed by atoms with Crippen molar-refractivity contribution < 1.29 is 0 Å². The van der Waals surface area contributed by atoms with Gasteiger partial charge in [0.15, 0.2) is 0 Å². The smallest absolute Gasteiger partial charge is 0.0338 e. The van der Waals surface area contributed by atoms with E-state index in [1.165, 1.54) is 6.21 Å². The van der Waals surface area contributed by atoms with Crippen LogP contribution in [0, 0.1) is 17.3 Å².